The lowest BCUT2D eigenvalue weighted by Gasteiger charge is -2.24. The predicted molar refractivity (Wildman–Crippen MR) is 65.4 cm³/mol. The average Bonchev–Trinajstić information content (AvgIpc) is 2.70. The highest BCUT2D eigenvalue weighted by molar-refractivity contribution is 5.85. The molecule has 0 radical (unpaired) electrons. The van der Waals surface area contributed by atoms with Crippen molar-refractivity contribution in [2.75, 3.05) is 13.6 Å². The summed E-state index contributed by atoms with van der Waals surface area (Å²) in [6.45, 7) is 4.07. The molecule has 1 aliphatic carbocycles. The summed E-state index contributed by atoms with van der Waals surface area (Å²) in [7, 11) is 1.64. The molecule has 0 heterocycles. The number of carbonyl (C=O) groups excluding carboxylic acids is 1. The van der Waals surface area contributed by atoms with Gasteiger partial charge in [0, 0.05) is 13.6 Å². The van der Waals surface area contributed by atoms with Crippen molar-refractivity contribution in [3.8, 4) is 6.07 Å². The van der Waals surface area contributed by atoms with Crippen LogP contribution in [-0.4, -0.2) is 35.5 Å². The third-order valence-corrected chi connectivity index (χ3v) is 3.58. The Morgan fingerprint density at radius 3 is 2.50 bits per heavy atom. The Bertz CT molecular complexity index is 375. The van der Waals surface area contributed by atoms with Crippen LogP contribution in [0.2, 0.25) is 0 Å². The van der Waals surface area contributed by atoms with Crippen molar-refractivity contribution in [2.24, 2.45) is 23.7 Å². The zero-order valence-electron chi connectivity index (χ0n) is 11.1. The first-order valence-electron chi connectivity index (χ1n) is 6.24. The summed E-state index contributed by atoms with van der Waals surface area (Å²) in [5.41, 5.74) is 0. The summed E-state index contributed by atoms with van der Waals surface area (Å²) in [5.74, 6) is -2.02. The number of hydrogen-bond acceptors (Lipinski definition) is 3. The molecule has 0 aromatic rings. The number of aliphatic carboxylic acids is 1. The van der Waals surface area contributed by atoms with E-state index in [1.54, 1.807) is 14.0 Å². The maximum absolute atomic E-state index is 12.2. The Kier molecular flexibility index (Phi) is 4.71. The van der Waals surface area contributed by atoms with Gasteiger partial charge in [-0.15, -0.1) is 0 Å². The molecule has 1 saturated carbocycles. The van der Waals surface area contributed by atoms with Crippen molar-refractivity contribution < 1.29 is 14.7 Å². The van der Waals surface area contributed by atoms with E-state index in [-0.39, 0.29) is 17.7 Å². The van der Waals surface area contributed by atoms with Crippen LogP contribution < -0.4 is 0 Å². The molecule has 1 rings (SSSR count). The van der Waals surface area contributed by atoms with Gasteiger partial charge in [-0.25, -0.2) is 0 Å². The summed E-state index contributed by atoms with van der Waals surface area (Å²) < 4.78 is 0. The van der Waals surface area contributed by atoms with Gasteiger partial charge < -0.3 is 10.0 Å². The van der Waals surface area contributed by atoms with Crippen LogP contribution >= 0.6 is 0 Å². The molecule has 1 aliphatic rings. The minimum absolute atomic E-state index is 0.145. The average molecular weight is 252 g/mol. The van der Waals surface area contributed by atoms with Crippen LogP contribution in [0, 0.1) is 35.0 Å². The molecule has 1 fully saturated rings. The summed E-state index contributed by atoms with van der Waals surface area (Å²) in [6, 6.07) is 2.07. The van der Waals surface area contributed by atoms with Crippen molar-refractivity contribution in [3.05, 3.63) is 0 Å². The zero-order chi connectivity index (χ0) is 13.9. The molecule has 18 heavy (non-hydrogen) atoms. The molecule has 4 atom stereocenters. The van der Waals surface area contributed by atoms with E-state index in [0.29, 0.717) is 19.4 Å². The molecule has 1 amide bonds. The fraction of sp³-hybridized carbons (Fsp3) is 0.769. The van der Waals surface area contributed by atoms with Gasteiger partial charge >= 0.3 is 5.97 Å². The van der Waals surface area contributed by atoms with Gasteiger partial charge in [-0.1, -0.05) is 6.92 Å². The lowest BCUT2D eigenvalue weighted by Crippen LogP contribution is -2.38. The molecule has 1 N–H and O–H groups in total. The van der Waals surface area contributed by atoms with Crippen LogP contribution in [0.5, 0.6) is 0 Å². The fourth-order valence-electron chi connectivity index (χ4n) is 2.66. The first-order chi connectivity index (χ1) is 8.36. The van der Waals surface area contributed by atoms with Crippen LogP contribution in [0.4, 0.5) is 0 Å². The van der Waals surface area contributed by atoms with E-state index in [2.05, 4.69) is 6.07 Å². The van der Waals surface area contributed by atoms with Crippen molar-refractivity contribution in [1.82, 2.24) is 4.90 Å². The number of rotatable bonds is 4. The number of carboxylic acids is 1. The molecule has 5 heteroatoms. The van der Waals surface area contributed by atoms with Gasteiger partial charge in [0.25, 0.3) is 0 Å². The van der Waals surface area contributed by atoms with Gasteiger partial charge in [0.15, 0.2) is 0 Å². The number of nitriles is 1. The number of carboxylic acid groups (broad SMARTS) is 1. The molecule has 4 unspecified atom stereocenters. The maximum Gasteiger partial charge on any atom is 0.307 e. The smallest absolute Gasteiger partial charge is 0.307 e. The van der Waals surface area contributed by atoms with Gasteiger partial charge in [0.1, 0.15) is 0 Å². The van der Waals surface area contributed by atoms with E-state index in [0.717, 1.165) is 0 Å². The molecule has 0 aliphatic heterocycles. The van der Waals surface area contributed by atoms with Crippen LogP contribution in [0.15, 0.2) is 0 Å². The van der Waals surface area contributed by atoms with Crippen molar-refractivity contribution in [2.45, 2.75) is 26.7 Å². The van der Waals surface area contributed by atoms with Crippen molar-refractivity contribution in [1.29, 1.82) is 5.26 Å². The molecular formula is C13H20N2O3. The molecule has 0 bridgehead atoms. The van der Waals surface area contributed by atoms with E-state index < -0.39 is 17.8 Å². The van der Waals surface area contributed by atoms with E-state index >= 15 is 0 Å². The van der Waals surface area contributed by atoms with Crippen LogP contribution in [-0.2, 0) is 9.59 Å². The van der Waals surface area contributed by atoms with Gasteiger partial charge in [-0.3, -0.25) is 9.59 Å². The maximum atomic E-state index is 12.2. The van der Waals surface area contributed by atoms with Gasteiger partial charge in [0.2, 0.25) is 5.91 Å². The first-order valence-corrected chi connectivity index (χ1v) is 6.24. The Labute approximate surface area is 107 Å². The first kappa shape index (κ1) is 14.5. The van der Waals surface area contributed by atoms with Crippen molar-refractivity contribution in [3.63, 3.8) is 0 Å². The second-order valence-electron chi connectivity index (χ2n) is 5.38. The van der Waals surface area contributed by atoms with Crippen LogP contribution in [0.3, 0.4) is 0 Å². The fourth-order valence-corrected chi connectivity index (χ4v) is 2.66. The molecule has 0 spiro atoms. The van der Waals surface area contributed by atoms with E-state index in [1.807, 2.05) is 6.92 Å². The lowest BCUT2D eigenvalue weighted by molar-refractivity contribution is -0.148. The largest absolute Gasteiger partial charge is 0.481 e. The Balaban J connectivity index is 2.71. The van der Waals surface area contributed by atoms with Gasteiger partial charge in [-0.2, -0.15) is 5.26 Å². The molecule has 100 valence electrons. The van der Waals surface area contributed by atoms with Crippen LogP contribution in [0.25, 0.3) is 0 Å². The molecular weight excluding hydrogens is 232 g/mol. The third-order valence-electron chi connectivity index (χ3n) is 3.58. The number of amides is 1. The third kappa shape index (κ3) is 3.22. The minimum atomic E-state index is -0.889. The SMILES string of the molecule is CC(C#N)CN(C)C(=O)C1CC(C)CC1C(=O)O. The normalized spacial score (nSPS) is 28.4. The lowest BCUT2D eigenvalue weighted by atomic mass is 9.94. The van der Waals surface area contributed by atoms with Gasteiger partial charge in [0.05, 0.1) is 23.8 Å². The topological polar surface area (TPSA) is 81.4 Å². The Morgan fingerprint density at radius 1 is 1.44 bits per heavy atom. The number of nitrogens with zero attached hydrogens (tertiary/aromatic N) is 2. The second-order valence-corrected chi connectivity index (χ2v) is 5.38. The summed E-state index contributed by atoms with van der Waals surface area (Å²) in [6.07, 6.45) is 1.19. The zero-order valence-corrected chi connectivity index (χ0v) is 11.1. The highest BCUT2D eigenvalue weighted by atomic mass is 16.4. The second kappa shape index (κ2) is 5.85. The van der Waals surface area contributed by atoms with E-state index in [4.69, 9.17) is 10.4 Å². The summed E-state index contributed by atoms with van der Waals surface area (Å²) >= 11 is 0. The molecule has 0 saturated heterocycles. The molecule has 0 aromatic carbocycles. The van der Waals surface area contributed by atoms with E-state index in [1.165, 1.54) is 4.90 Å². The quantitative estimate of drug-likeness (QED) is 0.818. The monoisotopic (exact) mass is 252 g/mol. The van der Waals surface area contributed by atoms with Gasteiger partial charge in [-0.05, 0) is 25.7 Å². The molecule has 5 nitrogen and oxygen atoms in total. The summed E-state index contributed by atoms with van der Waals surface area (Å²) in [4.78, 5) is 24.8. The predicted octanol–water partition coefficient (Wildman–Crippen LogP) is 1.35. The number of hydrogen-bond donors (Lipinski definition) is 1. The van der Waals surface area contributed by atoms with Crippen molar-refractivity contribution >= 4 is 11.9 Å². The Hall–Kier alpha value is -1.57. The highest BCUT2D eigenvalue weighted by Crippen LogP contribution is 2.37. The van der Waals surface area contributed by atoms with Crippen LogP contribution in [0.1, 0.15) is 26.7 Å². The Morgan fingerprint density at radius 2 is 2.00 bits per heavy atom. The number of carbonyl (C=O) groups is 2. The highest BCUT2D eigenvalue weighted by Gasteiger charge is 2.42. The minimum Gasteiger partial charge on any atom is -0.481 e. The van der Waals surface area contributed by atoms with E-state index in [9.17, 15) is 9.59 Å². The summed E-state index contributed by atoms with van der Waals surface area (Å²) in [5, 5.41) is 17.9. The standard InChI is InChI=1S/C13H20N2O3/c1-8-4-10(11(5-8)13(17)18)12(16)15(3)7-9(2)6-14/h8-11H,4-5,7H2,1-3H3,(H,17,18). The molecule has 0 aromatic heterocycles.